The molecule has 5 amide bonds. The van der Waals surface area contributed by atoms with Crippen LogP contribution in [0.5, 0.6) is 17.2 Å². The minimum Gasteiger partial charge on any atom is -0.493 e. The molecule has 1 fully saturated rings. The maximum atomic E-state index is 13.5. The zero-order valence-corrected chi connectivity index (χ0v) is 36.2. The molecule has 0 radical (unpaired) electrons. The molecule has 18 heteroatoms. The highest BCUT2D eigenvalue weighted by Gasteiger charge is 2.46. The van der Waals surface area contributed by atoms with E-state index in [-0.39, 0.29) is 113 Å². The quantitative estimate of drug-likeness (QED) is 0.0535. The molecule has 2 aliphatic rings. The van der Waals surface area contributed by atoms with Crippen LogP contribution in [0, 0.1) is 0 Å². The molecule has 3 N–H and O–H groups in total. The Morgan fingerprint density at radius 1 is 0.754 bits per heavy atom. The molecule has 2 aliphatic heterocycles. The van der Waals surface area contributed by atoms with E-state index in [9.17, 15) is 33.6 Å². The van der Waals surface area contributed by atoms with E-state index in [0.29, 0.717) is 48.0 Å². The Morgan fingerprint density at radius 2 is 1.45 bits per heavy atom. The molecule has 1 atom stereocenters. The number of Topliss-reactive ketones (excluding diaryl/α,β-unsaturated/α-hetero) is 1. The second-order valence-electron chi connectivity index (χ2n) is 14.8. The number of ketones is 1. The number of ether oxygens (including phenoxy) is 6. The topological polar surface area (TPSA) is 229 Å². The molecule has 5 aromatic rings. The fourth-order valence-corrected chi connectivity index (χ4v) is 7.57. The monoisotopic (exact) mass is 909 g/mol. The Kier molecular flexibility index (Phi) is 14.7. The van der Waals surface area contributed by atoms with Crippen molar-refractivity contribution in [2.75, 3.05) is 59.5 Å². The van der Waals surface area contributed by atoms with Crippen LogP contribution in [-0.2, 0) is 23.8 Å². The maximum absolute atomic E-state index is 13.5. The van der Waals surface area contributed by atoms with Crippen LogP contribution in [0.25, 0.3) is 33.4 Å². The molecule has 3 heterocycles. The normalized spacial score (nSPS) is 14.7. The third kappa shape index (κ3) is 10.6. The molecule has 17 nitrogen and oxygen atoms in total. The summed E-state index contributed by atoms with van der Waals surface area (Å²) in [5, 5.41) is 2.70. The Labute approximate surface area is 376 Å². The van der Waals surface area contributed by atoms with Gasteiger partial charge in [-0.05, 0) is 80.4 Å². The number of carbonyl (C=O) groups is 6. The van der Waals surface area contributed by atoms with Crippen molar-refractivity contribution in [3.05, 3.63) is 110 Å². The number of benzene rings is 4. The third-order valence-corrected chi connectivity index (χ3v) is 10.7. The Hall–Kier alpha value is -6.92. The highest BCUT2D eigenvalue weighted by atomic mass is 35.5. The van der Waals surface area contributed by atoms with Gasteiger partial charge in [-0.3, -0.25) is 43.8 Å². The number of rotatable bonds is 21. The second-order valence-corrected chi connectivity index (χ2v) is 15.2. The predicted octanol–water partition coefficient (Wildman–Crippen LogP) is 5.39. The molecular weight excluding hydrogens is 866 g/mol. The number of carbonyl (C=O) groups excluding carboxylic acids is 6. The number of halogens is 1. The minimum atomic E-state index is -1.07. The average Bonchev–Trinajstić information content (AvgIpc) is 3.53. The number of hydrogen-bond donors (Lipinski definition) is 2. The summed E-state index contributed by atoms with van der Waals surface area (Å²) in [6.07, 6.45) is 0.0866. The molecule has 4 aromatic carbocycles. The zero-order valence-electron chi connectivity index (χ0n) is 35.4. The average molecular weight is 910 g/mol. The van der Waals surface area contributed by atoms with E-state index in [4.69, 9.17) is 50.2 Å². The van der Waals surface area contributed by atoms with Crippen molar-refractivity contribution in [1.29, 1.82) is 0 Å². The molecule has 0 saturated carbocycles. The van der Waals surface area contributed by atoms with E-state index in [1.165, 1.54) is 25.1 Å². The SMILES string of the molecule is CCOc1cc2oc(-c3ccc(OCCOCCOCCOCCOc4cccc5c4C(=O)N(C4CCC(=O)NC4=O)C5=O)cc3Cl)cc(=O)c2cc1-c1cc(C(C)=O)cc(C(N)=O)c1. The van der Waals surface area contributed by atoms with Crippen molar-refractivity contribution in [2.24, 2.45) is 5.73 Å². The Bertz CT molecular complexity index is 2720. The van der Waals surface area contributed by atoms with E-state index in [1.807, 2.05) is 0 Å². The predicted molar refractivity (Wildman–Crippen MR) is 235 cm³/mol. The lowest BCUT2D eigenvalue weighted by molar-refractivity contribution is -0.136. The number of fused-ring (bicyclic) bond motifs is 2. The molecule has 1 aromatic heterocycles. The lowest BCUT2D eigenvalue weighted by atomic mass is 9.96. The summed E-state index contributed by atoms with van der Waals surface area (Å²) in [6, 6.07) is 17.6. The number of primary amides is 1. The third-order valence-electron chi connectivity index (χ3n) is 10.4. The van der Waals surface area contributed by atoms with Crippen molar-refractivity contribution in [3.8, 4) is 39.7 Å². The van der Waals surface area contributed by atoms with Crippen molar-refractivity contribution >= 4 is 57.9 Å². The van der Waals surface area contributed by atoms with Crippen molar-refractivity contribution in [2.45, 2.75) is 32.7 Å². The molecule has 0 aliphatic carbocycles. The smallest absolute Gasteiger partial charge is 0.266 e. The summed E-state index contributed by atoms with van der Waals surface area (Å²) in [5.41, 5.74) is 7.45. The van der Waals surface area contributed by atoms with Crippen molar-refractivity contribution in [1.82, 2.24) is 10.2 Å². The van der Waals surface area contributed by atoms with Gasteiger partial charge in [-0.25, -0.2) is 0 Å². The highest BCUT2D eigenvalue weighted by Crippen LogP contribution is 2.38. The van der Waals surface area contributed by atoms with Crippen LogP contribution in [0.1, 0.15) is 68.1 Å². The van der Waals surface area contributed by atoms with Crippen LogP contribution >= 0.6 is 11.6 Å². The van der Waals surface area contributed by atoms with Crippen LogP contribution in [-0.4, -0.2) is 106 Å². The molecule has 338 valence electrons. The second kappa shape index (κ2) is 20.7. The molecule has 0 spiro atoms. The van der Waals surface area contributed by atoms with Gasteiger partial charge in [0.2, 0.25) is 17.7 Å². The van der Waals surface area contributed by atoms with E-state index in [2.05, 4.69) is 5.32 Å². The first kappa shape index (κ1) is 46.1. The van der Waals surface area contributed by atoms with Gasteiger partial charge in [-0.2, -0.15) is 0 Å². The summed E-state index contributed by atoms with van der Waals surface area (Å²) >= 11 is 6.64. The van der Waals surface area contributed by atoms with E-state index < -0.39 is 35.6 Å². The first-order valence-corrected chi connectivity index (χ1v) is 21.1. The Balaban J connectivity index is 0.827. The van der Waals surface area contributed by atoms with Crippen molar-refractivity contribution in [3.63, 3.8) is 0 Å². The summed E-state index contributed by atoms with van der Waals surface area (Å²) < 4.78 is 40.4. The number of amides is 5. The van der Waals surface area contributed by atoms with Crippen LogP contribution in [0.15, 0.2) is 82.0 Å². The maximum Gasteiger partial charge on any atom is 0.266 e. The van der Waals surface area contributed by atoms with Crippen LogP contribution in [0.4, 0.5) is 0 Å². The van der Waals surface area contributed by atoms with E-state index in [0.717, 1.165) is 4.90 Å². The molecule has 0 bridgehead atoms. The number of nitrogens with two attached hydrogens (primary N) is 1. The van der Waals surface area contributed by atoms with Gasteiger partial charge in [0.25, 0.3) is 11.8 Å². The largest absolute Gasteiger partial charge is 0.493 e. The van der Waals surface area contributed by atoms with Gasteiger partial charge in [0.1, 0.15) is 47.8 Å². The number of piperidine rings is 1. The number of nitrogens with zero attached hydrogens (tertiary/aromatic N) is 1. The summed E-state index contributed by atoms with van der Waals surface area (Å²) in [7, 11) is 0. The summed E-state index contributed by atoms with van der Waals surface area (Å²) in [5.74, 6) is -2.10. The first-order chi connectivity index (χ1) is 31.3. The Morgan fingerprint density at radius 3 is 2.11 bits per heavy atom. The highest BCUT2D eigenvalue weighted by molar-refractivity contribution is 6.33. The molecule has 7 rings (SSSR count). The van der Waals surface area contributed by atoms with Gasteiger partial charge in [0.05, 0.1) is 67.8 Å². The van der Waals surface area contributed by atoms with Crippen LogP contribution < -0.4 is 30.7 Å². The minimum absolute atomic E-state index is 0.0276. The van der Waals surface area contributed by atoms with Gasteiger partial charge in [-0.15, -0.1) is 0 Å². The first-order valence-electron chi connectivity index (χ1n) is 20.7. The van der Waals surface area contributed by atoms with Gasteiger partial charge in [-0.1, -0.05) is 17.7 Å². The van der Waals surface area contributed by atoms with Crippen LogP contribution in [0.2, 0.25) is 5.02 Å². The molecular formula is C47H44ClN3O14. The van der Waals surface area contributed by atoms with E-state index in [1.54, 1.807) is 61.5 Å². The zero-order chi connectivity index (χ0) is 46.2. The molecule has 65 heavy (non-hydrogen) atoms. The fraction of sp³-hybridized carbons (Fsp3) is 0.298. The fourth-order valence-electron chi connectivity index (χ4n) is 7.31. The van der Waals surface area contributed by atoms with E-state index >= 15 is 0 Å². The molecule has 1 saturated heterocycles. The standard InChI is InChI=1S/C47H44ClN3O14/c1-3-62-39-25-41-34(23-33(39)28-19-27(26(2)52)20-29(21-28)44(49)55)37(53)24-40(65-41)31-8-7-30(22-35(31)48)63-17-15-60-13-11-59-12-14-61-16-18-64-38-6-4-5-32-43(38)47(58)51(46(32)57)36-9-10-42(54)50-45(36)56/h4-8,19-25,36H,3,9-18H2,1-2H3,(H2,49,55)(H,50,54,56). The summed E-state index contributed by atoms with van der Waals surface area (Å²) in [4.78, 5) is 88.8. The number of hydrogen-bond acceptors (Lipinski definition) is 14. The van der Waals surface area contributed by atoms with Gasteiger partial charge in [0.15, 0.2) is 11.2 Å². The molecule has 1 unspecified atom stereocenters. The summed E-state index contributed by atoms with van der Waals surface area (Å²) in [6.45, 7) is 5.41. The van der Waals surface area contributed by atoms with Crippen LogP contribution in [0.3, 0.4) is 0 Å². The number of nitrogens with one attached hydrogen (secondary N) is 1. The van der Waals surface area contributed by atoms with Crippen molar-refractivity contribution < 1.29 is 61.6 Å². The lowest BCUT2D eigenvalue weighted by Gasteiger charge is -2.27. The lowest BCUT2D eigenvalue weighted by Crippen LogP contribution is -2.54. The van der Waals surface area contributed by atoms with Gasteiger partial charge in [0, 0.05) is 40.8 Å². The van der Waals surface area contributed by atoms with Gasteiger partial charge >= 0.3 is 0 Å². The number of imide groups is 2. The van der Waals surface area contributed by atoms with Gasteiger partial charge < -0.3 is 38.6 Å².